The number of anilines is 1. The number of aromatic nitrogens is 4. The van der Waals surface area contributed by atoms with Crippen LogP contribution < -0.4 is 20.7 Å². The number of carboxylic acid groups (broad SMARTS) is 1. The number of amides is 3. The number of Topliss-reactive ketones (excluding diaryl/α,β-unsaturated/α-hetero) is 1. The highest BCUT2D eigenvalue weighted by Crippen LogP contribution is 2.71. The van der Waals surface area contributed by atoms with Gasteiger partial charge in [-0.1, -0.05) is 80.1 Å². The molecule has 2 saturated heterocycles. The first-order chi connectivity index (χ1) is 40.6. The fourth-order valence-electron chi connectivity index (χ4n) is 15.8. The Morgan fingerprint density at radius 2 is 1.56 bits per heavy atom. The Morgan fingerprint density at radius 1 is 0.847 bits per heavy atom. The van der Waals surface area contributed by atoms with Crippen LogP contribution in [0.15, 0.2) is 96.9 Å². The molecule has 85 heavy (non-hydrogen) atoms. The smallest absolute Gasteiger partial charge is 0.407 e. The van der Waals surface area contributed by atoms with Crippen LogP contribution in [-0.4, -0.2) is 154 Å². The second kappa shape index (κ2) is 22.1. The van der Waals surface area contributed by atoms with Gasteiger partial charge in [-0.2, -0.15) is 0 Å². The van der Waals surface area contributed by atoms with Crippen molar-refractivity contribution >= 4 is 41.1 Å². The van der Waals surface area contributed by atoms with Gasteiger partial charge in [-0.25, -0.2) is 9.59 Å². The number of hydrogen-bond acceptors (Lipinski definition) is 20. The minimum Gasteiger partial charge on any atom is -0.479 e. The third kappa shape index (κ3) is 10.4. The maximum atomic E-state index is 14.1. The molecule has 9 N–H and O–H groups in total. The number of ketones is 2. The van der Waals surface area contributed by atoms with Crippen LogP contribution >= 0.6 is 0 Å². The Kier molecular flexibility index (Phi) is 15.1. The fraction of sp³-hybridized carbons (Fsp3) is 0.508. The molecule has 7 aliphatic carbocycles. The first kappa shape index (κ1) is 58.0. The summed E-state index contributed by atoms with van der Waals surface area (Å²) in [5, 5.41) is 87.1. The monoisotopic (exact) mass is 1170 g/mol. The zero-order valence-corrected chi connectivity index (χ0v) is 46.7. The zero-order chi connectivity index (χ0) is 59.8. The Hall–Kier alpha value is -7.42. The lowest BCUT2D eigenvalue weighted by molar-refractivity contribution is -0.271. The van der Waals surface area contributed by atoms with Gasteiger partial charge in [-0.3, -0.25) is 19.2 Å². The molecule has 9 aliphatic rings. The molecule has 448 valence electrons. The van der Waals surface area contributed by atoms with Gasteiger partial charge in [0.15, 0.2) is 35.9 Å². The first-order valence-corrected chi connectivity index (χ1v) is 28.7. The van der Waals surface area contributed by atoms with E-state index in [1.165, 1.54) is 24.5 Å². The van der Waals surface area contributed by atoms with Crippen molar-refractivity contribution < 1.29 is 83.1 Å². The highest BCUT2D eigenvalue weighted by atomic mass is 16.7. The van der Waals surface area contributed by atoms with Crippen molar-refractivity contribution in [2.45, 2.75) is 145 Å². The number of carboxylic acids is 1. The summed E-state index contributed by atoms with van der Waals surface area (Å²) >= 11 is 0. The summed E-state index contributed by atoms with van der Waals surface area (Å²) in [7, 11) is 0. The lowest BCUT2D eigenvalue weighted by Crippen LogP contribution is -2.75. The van der Waals surface area contributed by atoms with E-state index in [1.807, 2.05) is 37.3 Å². The summed E-state index contributed by atoms with van der Waals surface area (Å²) in [6, 6.07) is 19.1. The van der Waals surface area contributed by atoms with E-state index in [1.54, 1.807) is 36.4 Å². The fourth-order valence-corrected chi connectivity index (χ4v) is 15.8. The van der Waals surface area contributed by atoms with Gasteiger partial charge in [0.1, 0.15) is 37.3 Å². The summed E-state index contributed by atoms with van der Waals surface area (Å²) in [6.07, 6.45) is -1.08. The summed E-state index contributed by atoms with van der Waals surface area (Å²) in [6.45, 7) is 3.06. The first-order valence-electron chi connectivity index (χ1n) is 28.7. The number of carbonyl (C=O) groups excluding carboxylic acids is 5. The number of carbonyl (C=O) groups is 6. The summed E-state index contributed by atoms with van der Waals surface area (Å²) in [4.78, 5) is 77.7. The van der Waals surface area contributed by atoms with Gasteiger partial charge in [0, 0.05) is 46.4 Å². The van der Waals surface area contributed by atoms with Gasteiger partial charge in [-0.15, -0.1) is 20.4 Å². The van der Waals surface area contributed by atoms with Gasteiger partial charge in [0.05, 0.1) is 24.3 Å². The molecule has 0 spiro atoms. The molecular formula is C61H67N7O17. The number of rotatable bonds is 18. The minimum absolute atomic E-state index is 0.00955. The molecule has 0 unspecified atom stereocenters. The molecule has 6 saturated carbocycles. The average molecular weight is 1170 g/mol. The second-order valence-electron chi connectivity index (χ2n) is 24.8. The molecular weight excluding hydrogens is 1100 g/mol. The van der Waals surface area contributed by atoms with Crippen LogP contribution in [0.4, 0.5) is 10.5 Å². The van der Waals surface area contributed by atoms with E-state index >= 15 is 0 Å². The summed E-state index contributed by atoms with van der Waals surface area (Å²) in [5.74, 6) is -3.00. The van der Waals surface area contributed by atoms with Crippen molar-refractivity contribution in [1.29, 1.82) is 0 Å². The zero-order valence-electron chi connectivity index (χ0n) is 46.7. The normalized spacial score (nSPS) is 35.5. The molecule has 0 radical (unpaired) electrons. The lowest BCUT2D eigenvalue weighted by Gasteiger charge is -2.70. The van der Waals surface area contributed by atoms with Gasteiger partial charge in [0.25, 0.3) is 0 Å². The number of benzene rings is 3. The molecule has 3 aromatic carbocycles. The number of nitrogens with zero attached hydrogens (tertiary/aromatic N) is 4. The third-order valence-electron chi connectivity index (χ3n) is 19.5. The number of ether oxygens (including phenoxy) is 5. The predicted molar refractivity (Wildman–Crippen MR) is 294 cm³/mol. The van der Waals surface area contributed by atoms with Crippen molar-refractivity contribution in [1.82, 2.24) is 31.0 Å². The number of fused-ring (bicyclic) bond motifs is 7. The summed E-state index contributed by atoms with van der Waals surface area (Å²) < 4.78 is 30.3. The number of nitrogens with one attached hydrogen (secondary N) is 3. The van der Waals surface area contributed by atoms with Crippen LogP contribution in [0.2, 0.25) is 0 Å². The van der Waals surface area contributed by atoms with Gasteiger partial charge >= 0.3 is 12.1 Å². The Labute approximate surface area is 487 Å². The summed E-state index contributed by atoms with van der Waals surface area (Å²) in [5.41, 5.74) is 1.30. The van der Waals surface area contributed by atoms with Crippen LogP contribution in [0, 0.1) is 34.0 Å². The van der Waals surface area contributed by atoms with E-state index in [9.17, 15) is 59.4 Å². The number of aliphatic hydroxyl groups is 5. The molecule has 13 rings (SSSR count). The molecule has 14 atom stereocenters. The minimum atomic E-state index is -1.97. The van der Waals surface area contributed by atoms with Crippen LogP contribution in [0.25, 0.3) is 11.4 Å². The van der Waals surface area contributed by atoms with Crippen LogP contribution in [-0.2, 0) is 62.4 Å². The predicted octanol–water partition coefficient (Wildman–Crippen LogP) is 2.89. The Balaban J connectivity index is 0.641. The number of aliphatic hydroxyl groups excluding tert-OH is 5. The lowest BCUT2D eigenvalue weighted by atomic mass is 9.38. The standard InChI is InChI=1S/C61H67N7O17/c1-57-17-15-37(70)21-36(57)12-13-38-39-22-44-61(43(72)25-69,58(39,2)24-41(71)47(38)57)85-54(83-44)35-10-5-32(6-11-35)23-59-27-60(28-59,29-59)66-56(80)81-26-33-7-14-42(82-55-50(77)48(75)49(76)51(84-55)53(78)79)40(19-33)65-45(73)16-18-62-46(74)20-31-3-8-34(9-4-31)52-67-63-30-64-68-52/h3-11,14-15,17,19,21,30,38-39,41,44,47-51,54-55,69,71,75-77H,12-13,16,18,20,22-29H2,1-2H3,(H,62,74)(H,65,73)(H,66,80)(H,78,79)/t38-,39-,41-,44+,47+,48-,49-,50+,51-,54-,55+,57-,58-,59?,60?,61+/m0/s1. The van der Waals surface area contributed by atoms with Crippen molar-refractivity contribution in [3.05, 3.63) is 119 Å². The maximum Gasteiger partial charge on any atom is 0.407 e. The molecule has 8 fully saturated rings. The highest BCUT2D eigenvalue weighted by Gasteiger charge is 2.76. The number of allylic oxidation sites excluding steroid dienone is 4. The molecule has 2 bridgehead atoms. The van der Waals surface area contributed by atoms with E-state index in [0.29, 0.717) is 28.9 Å². The van der Waals surface area contributed by atoms with E-state index in [2.05, 4.69) is 43.3 Å². The number of aliphatic carboxylic acids is 1. The number of hydrogen-bond donors (Lipinski definition) is 9. The van der Waals surface area contributed by atoms with Crippen LogP contribution in [0.3, 0.4) is 0 Å². The van der Waals surface area contributed by atoms with Crippen LogP contribution in [0.1, 0.15) is 93.8 Å². The quantitative estimate of drug-likeness (QED) is 0.0691. The van der Waals surface area contributed by atoms with Crippen LogP contribution in [0.5, 0.6) is 5.75 Å². The van der Waals surface area contributed by atoms with Crippen molar-refractivity contribution in [2.24, 2.45) is 34.0 Å². The molecule has 1 aromatic heterocycles. The second-order valence-corrected chi connectivity index (χ2v) is 24.8. The van der Waals surface area contributed by atoms with Crippen molar-refractivity contribution in [3.63, 3.8) is 0 Å². The average Bonchev–Trinajstić information content (AvgIpc) is 1.27. The molecule has 2 aliphatic heterocycles. The highest BCUT2D eigenvalue weighted by molar-refractivity contribution is 6.01. The SMILES string of the molecule is C[C@]12C=CC(=O)C=C1CC[C@@H]1[C@@H]2[C@@H](O)C[C@@]2(C)[C@H]1C[C@H]1O[C@H](c3ccc(CC45CC(NC(=O)OCc6ccc(O[C@@H]7O[C@H](C(=O)O)[C@@H](O)[C@H](O)[C@H]7O)c(NC(=O)CCNC(=O)Cc7ccc(-c8nncnn8)cc7)c6)(C4)C5)cc3)O[C@]12C(=O)CO. The molecule has 3 heterocycles. The van der Waals surface area contributed by atoms with E-state index < -0.39 is 102 Å². The van der Waals surface area contributed by atoms with Gasteiger partial charge < -0.3 is 70.3 Å². The van der Waals surface area contributed by atoms with Crippen molar-refractivity contribution in [2.75, 3.05) is 18.5 Å². The molecule has 3 amide bonds. The van der Waals surface area contributed by atoms with E-state index in [0.717, 1.165) is 55.2 Å². The largest absolute Gasteiger partial charge is 0.479 e. The molecule has 4 aromatic rings. The Bertz CT molecular complexity index is 3350. The molecule has 24 heteroatoms. The topological polar surface area (TPSA) is 358 Å². The van der Waals surface area contributed by atoms with E-state index in [4.69, 9.17) is 23.7 Å². The third-order valence-corrected chi connectivity index (χ3v) is 19.5. The van der Waals surface area contributed by atoms with Gasteiger partial charge in [0.2, 0.25) is 23.9 Å². The maximum absolute atomic E-state index is 14.1. The Morgan fingerprint density at radius 3 is 2.28 bits per heavy atom. The van der Waals surface area contributed by atoms with E-state index in [-0.39, 0.29) is 78.7 Å². The molecule has 24 nitrogen and oxygen atoms in total. The van der Waals surface area contributed by atoms with Gasteiger partial charge in [-0.05, 0) is 110 Å². The number of alkyl carbamates (subject to hydrolysis) is 1. The van der Waals surface area contributed by atoms with Crippen molar-refractivity contribution in [3.8, 4) is 17.1 Å².